The van der Waals surface area contributed by atoms with Crippen molar-refractivity contribution >= 4 is 12.0 Å². The van der Waals surface area contributed by atoms with E-state index in [1.807, 2.05) is 6.07 Å². The lowest BCUT2D eigenvalue weighted by atomic mass is 10.1. The van der Waals surface area contributed by atoms with Crippen LogP contribution in [0.25, 0.3) is 0 Å². The molecule has 1 aromatic rings. The monoisotopic (exact) mass is 244 g/mol. The van der Waals surface area contributed by atoms with Gasteiger partial charge in [0, 0.05) is 12.1 Å². The van der Waals surface area contributed by atoms with Gasteiger partial charge in [-0.15, -0.1) is 0 Å². The van der Waals surface area contributed by atoms with Crippen LogP contribution in [0, 0.1) is 11.3 Å². The first-order valence-corrected chi connectivity index (χ1v) is 6.14. The fraction of sp³-hybridized carbons (Fsp3) is 0.429. The van der Waals surface area contributed by atoms with Gasteiger partial charge in [-0.1, -0.05) is 6.92 Å². The van der Waals surface area contributed by atoms with Gasteiger partial charge in [-0.25, -0.2) is 0 Å². The van der Waals surface area contributed by atoms with E-state index in [0.717, 1.165) is 24.9 Å². The van der Waals surface area contributed by atoms with Crippen molar-refractivity contribution < 1.29 is 9.53 Å². The van der Waals surface area contributed by atoms with Crippen LogP contribution in [-0.2, 0) is 4.74 Å². The molecule has 4 nitrogen and oxygen atoms in total. The Bertz CT molecular complexity index is 479. The molecule has 0 radical (unpaired) electrons. The summed E-state index contributed by atoms with van der Waals surface area (Å²) in [5.41, 5.74) is 2.00. The summed E-state index contributed by atoms with van der Waals surface area (Å²) in [6.45, 7) is 4.26. The maximum Gasteiger partial charge on any atom is 0.150 e. The Morgan fingerprint density at radius 2 is 2.44 bits per heavy atom. The van der Waals surface area contributed by atoms with Crippen LogP contribution in [0.4, 0.5) is 5.69 Å². The van der Waals surface area contributed by atoms with Crippen molar-refractivity contribution in [3.63, 3.8) is 0 Å². The largest absolute Gasteiger partial charge is 0.377 e. The molecule has 0 saturated carbocycles. The van der Waals surface area contributed by atoms with Crippen molar-refractivity contribution in [1.82, 2.24) is 0 Å². The quantitative estimate of drug-likeness (QED) is 0.763. The van der Waals surface area contributed by atoms with Crippen LogP contribution < -0.4 is 4.90 Å². The van der Waals surface area contributed by atoms with Gasteiger partial charge in [-0.05, 0) is 24.6 Å². The Hall–Kier alpha value is -1.86. The number of aldehydes is 1. The van der Waals surface area contributed by atoms with Gasteiger partial charge in [-0.3, -0.25) is 4.79 Å². The van der Waals surface area contributed by atoms with Crippen LogP contribution in [-0.4, -0.2) is 32.1 Å². The summed E-state index contributed by atoms with van der Waals surface area (Å²) in [7, 11) is 0. The Balaban J connectivity index is 2.37. The topological polar surface area (TPSA) is 53.3 Å². The Morgan fingerprint density at radius 3 is 3.11 bits per heavy atom. The van der Waals surface area contributed by atoms with Crippen molar-refractivity contribution in [2.75, 3.05) is 24.7 Å². The third kappa shape index (κ3) is 2.36. The molecule has 1 aliphatic rings. The van der Waals surface area contributed by atoms with Gasteiger partial charge in [0.2, 0.25) is 0 Å². The molecule has 0 spiro atoms. The summed E-state index contributed by atoms with van der Waals surface area (Å²) in [5, 5.41) is 9.20. The zero-order valence-corrected chi connectivity index (χ0v) is 10.4. The van der Waals surface area contributed by atoms with Crippen molar-refractivity contribution in [3.8, 4) is 6.07 Å². The summed E-state index contributed by atoms with van der Waals surface area (Å²) in [5.74, 6) is 0. The average Bonchev–Trinajstić information content (AvgIpc) is 2.46. The molecule has 0 amide bonds. The van der Waals surface area contributed by atoms with Crippen molar-refractivity contribution in [3.05, 3.63) is 29.3 Å². The molecule has 0 aromatic heterocycles. The molecule has 18 heavy (non-hydrogen) atoms. The number of carbonyl (C=O) groups excluding carboxylic acids is 1. The van der Waals surface area contributed by atoms with E-state index >= 15 is 0 Å². The zero-order valence-electron chi connectivity index (χ0n) is 10.4. The molecule has 1 fully saturated rings. The van der Waals surface area contributed by atoms with Gasteiger partial charge in [0.05, 0.1) is 30.5 Å². The molecular weight excluding hydrogens is 228 g/mol. The van der Waals surface area contributed by atoms with E-state index in [9.17, 15) is 10.1 Å². The van der Waals surface area contributed by atoms with Crippen molar-refractivity contribution in [2.24, 2.45) is 0 Å². The number of nitriles is 1. The summed E-state index contributed by atoms with van der Waals surface area (Å²) in [6, 6.07) is 7.73. The van der Waals surface area contributed by atoms with Crippen LogP contribution in [0.2, 0.25) is 0 Å². The number of anilines is 1. The first kappa shape index (κ1) is 12.6. The lowest BCUT2D eigenvalue weighted by Gasteiger charge is -2.37. The minimum Gasteiger partial charge on any atom is -0.377 e. The zero-order chi connectivity index (χ0) is 13.0. The first-order chi connectivity index (χ1) is 8.80. The number of morpholine rings is 1. The maximum absolute atomic E-state index is 10.7. The Kier molecular flexibility index (Phi) is 3.96. The summed E-state index contributed by atoms with van der Waals surface area (Å²) >= 11 is 0. The minimum atomic E-state index is 0.299. The fourth-order valence-electron chi connectivity index (χ4n) is 2.28. The molecule has 94 valence electrons. The highest BCUT2D eigenvalue weighted by Crippen LogP contribution is 2.25. The third-order valence-electron chi connectivity index (χ3n) is 3.29. The molecule has 1 atom stereocenters. The smallest absolute Gasteiger partial charge is 0.150 e. The first-order valence-electron chi connectivity index (χ1n) is 6.14. The number of carbonyl (C=O) groups is 1. The van der Waals surface area contributed by atoms with Gasteiger partial charge >= 0.3 is 0 Å². The SMILES string of the molecule is CCC1COCCN1c1ccc(C=O)cc1C#N. The fourth-order valence-corrected chi connectivity index (χ4v) is 2.28. The van der Waals surface area contributed by atoms with Gasteiger partial charge in [0.25, 0.3) is 0 Å². The minimum absolute atomic E-state index is 0.299. The molecule has 0 aliphatic carbocycles. The number of ether oxygens (including phenoxy) is 1. The number of benzene rings is 1. The predicted molar refractivity (Wildman–Crippen MR) is 68.8 cm³/mol. The predicted octanol–water partition coefficient (Wildman–Crippen LogP) is 1.99. The Labute approximate surface area is 107 Å². The second kappa shape index (κ2) is 5.65. The second-order valence-electron chi connectivity index (χ2n) is 4.34. The summed E-state index contributed by atoms with van der Waals surface area (Å²) in [6.07, 6.45) is 1.74. The highest BCUT2D eigenvalue weighted by atomic mass is 16.5. The van der Waals surface area contributed by atoms with E-state index in [4.69, 9.17) is 4.74 Å². The van der Waals surface area contributed by atoms with E-state index in [-0.39, 0.29) is 0 Å². The van der Waals surface area contributed by atoms with Crippen LogP contribution in [0.15, 0.2) is 18.2 Å². The summed E-state index contributed by atoms with van der Waals surface area (Å²) in [4.78, 5) is 12.9. The van der Waals surface area contributed by atoms with Gasteiger partial charge in [0.1, 0.15) is 12.4 Å². The van der Waals surface area contributed by atoms with Crippen LogP contribution in [0.5, 0.6) is 0 Å². The lowest BCUT2D eigenvalue weighted by Crippen LogP contribution is -2.45. The van der Waals surface area contributed by atoms with Crippen LogP contribution >= 0.6 is 0 Å². The molecule has 2 rings (SSSR count). The van der Waals surface area contributed by atoms with Crippen molar-refractivity contribution in [1.29, 1.82) is 5.26 Å². The van der Waals surface area contributed by atoms with E-state index in [2.05, 4.69) is 17.9 Å². The molecular formula is C14H16N2O2. The van der Waals surface area contributed by atoms with Crippen LogP contribution in [0.3, 0.4) is 0 Å². The van der Waals surface area contributed by atoms with Gasteiger partial charge < -0.3 is 9.64 Å². The number of nitrogens with zero attached hydrogens (tertiary/aromatic N) is 2. The molecule has 1 aliphatic heterocycles. The second-order valence-corrected chi connectivity index (χ2v) is 4.34. The molecule has 0 N–H and O–H groups in total. The highest BCUT2D eigenvalue weighted by Gasteiger charge is 2.23. The van der Waals surface area contributed by atoms with E-state index in [0.29, 0.717) is 30.4 Å². The maximum atomic E-state index is 10.7. The van der Waals surface area contributed by atoms with Gasteiger partial charge in [-0.2, -0.15) is 5.26 Å². The lowest BCUT2D eigenvalue weighted by molar-refractivity contribution is 0.0929. The summed E-state index contributed by atoms with van der Waals surface area (Å²) < 4.78 is 5.46. The molecule has 0 bridgehead atoms. The molecule has 1 heterocycles. The number of hydrogen-bond donors (Lipinski definition) is 0. The van der Waals surface area contributed by atoms with E-state index < -0.39 is 0 Å². The van der Waals surface area contributed by atoms with Crippen LogP contribution in [0.1, 0.15) is 29.3 Å². The van der Waals surface area contributed by atoms with E-state index in [1.165, 1.54) is 0 Å². The van der Waals surface area contributed by atoms with Gasteiger partial charge in [0.15, 0.2) is 0 Å². The third-order valence-corrected chi connectivity index (χ3v) is 3.29. The molecule has 1 saturated heterocycles. The molecule has 4 heteroatoms. The number of rotatable bonds is 3. The average molecular weight is 244 g/mol. The standard InChI is InChI=1S/C14H16N2O2/c1-2-13-10-18-6-5-16(13)14-4-3-11(9-17)7-12(14)8-15/h3-4,7,9,13H,2,5-6,10H2,1H3. The Morgan fingerprint density at radius 1 is 1.61 bits per heavy atom. The van der Waals surface area contributed by atoms with E-state index in [1.54, 1.807) is 12.1 Å². The highest BCUT2D eigenvalue weighted by molar-refractivity contribution is 5.78. The normalized spacial score (nSPS) is 19.3. The van der Waals surface area contributed by atoms with Crippen molar-refractivity contribution in [2.45, 2.75) is 19.4 Å². The molecule has 1 aromatic carbocycles. The molecule has 1 unspecified atom stereocenters. The number of hydrogen-bond acceptors (Lipinski definition) is 4.